The van der Waals surface area contributed by atoms with Gasteiger partial charge in [-0.15, -0.1) is 0 Å². The summed E-state index contributed by atoms with van der Waals surface area (Å²) < 4.78 is 33.1. The SMILES string of the molecule is COc1ccc(S(=O)(=O)NC2CCCN(Cc3ccccc3)C2)cc1[N+](=O)[O-]. The monoisotopic (exact) mass is 405 g/mol. The number of methoxy groups -OCH3 is 1. The number of piperidine rings is 1. The van der Waals surface area contributed by atoms with Gasteiger partial charge in [0.05, 0.1) is 16.9 Å². The van der Waals surface area contributed by atoms with Gasteiger partial charge in [0.15, 0.2) is 5.75 Å². The number of likely N-dealkylation sites (tertiary alicyclic amines) is 1. The molecule has 3 rings (SSSR count). The molecule has 150 valence electrons. The molecule has 0 spiro atoms. The molecule has 1 atom stereocenters. The lowest BCUT2D eigenvalue weighted by Crippen LogP contribution is -2.47. The quantitative estimate of drug-likeness (QED) is 0.561. The van der Waals surface area contributed by atoms with Crippen molar-refractivity contribution in [1.82, 2.24) is 9.62 Å². The van der Waals surface area contributed by atoms with E-state index in [4.69, 9.17) is 4.74 Å². The number of nitrogens with one attached hydrogen (secondary N) is 1. The normalized spacial score (nSPS) is 18.0. The summed E-state index contributed by atoms with van der Waals surface area (Å²) in [6.45, 7) is 2.25. The summed E-state index contributed by atoms with van der Waals surface area (Å²) in [5.41, 5.74) is 0.802. The maximum atomic E-state index is 12.7. The standard InChI is InChI=1S/C19H23N3O5S/c1-27-19-10-9-17(12-18(19)22(23)24)28(25,26)20-16-8-5-11-21(14-16)13-15-6-3-2-4-7-15/h2-4,6-7,9-10,12,16,20H,5,8,11,13-14H2,1H3. The Morgan fingerprint density at radius 1 is 1.25 bits per heavy atom. The van der Waals surface area contributed by atoms with E-state index in [0.29, 0.717) is 6.54 Å². The molecule has 1 saturated heterocycles. The van der Waals surface area contributed by atoms with Gasteiger partial charge in [-0.3, -0.25) is 15.0 Å². The van der Waals surface area contributed by atoms with E-state index < -0.39 is 14.9 Å². The molecule has 1 unspecified atom stereocenters. The number of sulfonamides is 1. The van der Waals surface area contributed by atoms with Gasteiger partial charge in [0.1, 0.15) is 0 Å². The van der Waals surface area contributed by atoms with E-state index in [1.54, 1.807) is 0 Å². The minimum absolute atomic E-state index is 0.0238. The fourth-order valence-corrected chi connectivity index (χ4v) is 4.69. The molecule has 0 saturated carbocycles. The Kier molecular flexibility index (Phi) is 6.28. The first-order valence-corrected chi connectivity index (χ1v) is 10.5. The van der Waals surface area contributed by atoms with Crippen LogP contribution in [0, 0.1) is 10.1 Å². The Hall–Kier alpha value is -2.49. The Morgan fingerprint density at radius 3 is 2.68 bits per heavy atom. The van der Waals surface area contributed by atoms with Crippen molar-refractivity contribution in [3.63, 3.8) is 0 Å². The lowest BCUT2D eigenvalue weighted by molar-refractivity contribution is -0.386. The number of ether oxygens (including phenoxy) is 1. The molecule has 28 heavy (non-hydrogen) atoms. The molecule has 1 heterocycles. The Balaban J connectivity index is 1.71. The van der Waals surface area contributed by atoms with Gasteiger partial charge in [0.2, 0.25) is 10.0 Å². The highest BCUT2D eigenvalue weighted by Crippen LogP contribution is 2.29. The number of nitrogens with zero attached hydrogens (tertiary/aromatic N) is 2. The molecule has 9 heteroatoms. The van der Waals surface area contributed by atoms with Gasteiger partial charge in [-0.05, 0) is 37.1 Å². The summed E-state index contributed by atoms with van der Waals surface area (Å²) in [6.07, 6.45) is 1.60. The summed E-state index contributed by atoms with van der Waals surface area (Å²) in [5.74, 6) is 0.0238. The highest BCUT2D eigenvalue weighted by molar-refractivity contribution is 7.89. The third kappa shape index (κ3) is 4.86. The first kappa shape index (κ1) is 20.2. The van der Waals surface area contributed by atoms with Crippen LogP contribution in [0.3, 0.4) is 0 Å². The highest BCUT2D eigenvalue weighted by atomic mass is 32.2. The molecule has 2 aromatic carbocycles. The second-order valence-electron chi connectivity index (χ2n) is 6.77. The third-order valence-electron chi connectivity index (χ3n) is 4.73. The molecule has 1 aliphatic heterocycles. The van der Waals surface area contributed by atoms with E-state index in [0.717, 1.165) is 32.0 Å². The van der Waals surface area contributed by atoms with E-state index in [1.807, 2.05) is 30.3 Å². The highest BCUT2D eigenvalue weighted by Gasteiger charge is 2.27. The van der Waals surface area contributed by atoms with Crippen LogP contribution in [-0.4, -0.2) is 44.5 Å². The van der Waals surface area contributed by atoms with Crippen molar-refractivity contribution in [3.05, 3.63) is 64.2 Å². The molecule has 0 amide bonds. The second-order valence-corrected chi connectivity index (χ2v) is 8.49. The van der Waals surface area contributed by atoms with Gasteiger partial charge in [0, 0.05) is 25.2 Å². The van der Waals surface area contributed by atoms with Crippen molar-refractivity contribution in [2.75, 3.05) is 20.2 Å². The zero-order chi connectivity index (χ0) is 20.1. The van der Waals surface area contributed by atoms with E-state index in [-0.39, 0.29) is 22.4 Å². The smallest absolute Gasteiger partial charge is 0.312 e. The van der Waals surface area contributed by atoms with Crippen LogP contribution in [0.2, 0.25) is 0 Å². The Morgan fingerprint density at radius 2 is 2.00 bits per heavy atom. The fourth-order valence-electron chi connectivity index (χ4n) is 3.40. The predicted molar refractivity (Wildman–Crippen MR) is 105 cm³/mol. The summed E-state index contributed by atoms with van der Waals surface area (Å²) in [7, 11) is -2.57. The van der Waals surface area contributed by atoms with Gasteiger partial charge >= 0.3 is 5.69 Å². The largest absolute Gasteiger partial charge is 0.490 e. The van der Waals surface area contributed by atoms with Crippen LogP contribution in [-0.2, 0) is 16.6 Å². The lowest BCUT2D eigenvalue weighted by atomic mass is 10.1. The van der Waals surface area contributed by atoms with Crippen LogP contribution in [0.1, 0.15) is 18.4 Å². The van der Waals surface area contributed by atoms with Crippen LogP contribution >= 0.6 is 0 Å². The Bertz CT molecular complexity index is 934. The maximum Gasteiger partial charge on any atom is 0.312 e. The molecule has 0 aliphatic carbocycles. The molecule has 2 aromatic rings. The van der Waals surface area contributed by atoms with E-state index in [2.05, 4.69) is 9.62 Å². The number of nitro groups is 1. The summed E-state index contributed by atoms with van der Waals surface area (Å²) in [5, 5.41) is 11.2. The topological polar surface area (TPSA) is 102 Å². The molecule has 0 radical (unpaired) electrons. The maximum absolute atomic E-state index is 12.7. The van der Waals surface area contributed by atoms with Crippen LogP contribution in [0.15, 0.2) is 53.4 Å². The third-order valence-corrected chi connectivity index (χ3v) is 6.25. The molecular formula is C19H23N3O5S. The number of nitro benzene ring substituents is 1. The van der Waals surface area contributed by atoms with Gasteiger partial charge in [-0.2, -0.15) is 0 Å². The molecule has 8 nitrogen and oxygen atoms in total. The summed E-state index contributed by atoms with van der Waals surface area (Å²) in [6, 6.07) is 13.4. The minimum atomic E-state index is -3.87. The molecule has 1 N–H and O–H groups in total. The van der Waals surface area contributed by atoms with E-state index in [9.17, 15) is 18.5 Å². The van der Waals surface area contributed by atoms with Crippen molar-refractivity contribution in [1.29, 1.82) is 0 Å². The average molecular weight is 405 g/mol. The lowest BCUT2D eigenvalue weighted by Gasteiger charge is -2.33. The van der Waals surface area contributed by atoms with E-state index >= 15 is 0 Å². The molecule has 0 bridgehead atoms. The van der Waals surface area contributed by atoms with Crippen molar-refractivity contribution >= 4 is 15.7 Å². The number of hydrogen-bond donors (Lipinski definition) is 1. The van der Waals surface area contributed by atoms with Gasteiger partial charge in [0.25, 0.3) is 0 Å². The molecule has 1 aliphatic rings. The molecule has 0 aromatic heterocycles. The van der Waals surface area contributed by atoms with Crippen molar-refractivity contribution in [2.24, 2.45) is 0 Å². The summed E-state index contributed by atoms with van der Waals surface area (Å²) in [4.78, 5) is 12.6. The number of hydrogen-bond acceptors (Lipinski definition) is 6. The zero-order valence-corrected chi connectivity index (χ0v) is 16.4. The first-order valence-electron chi connectivity index (χ1n) is 9.00. The van der Waals surface area contributed by atoms with Crippen molar-refractivity contribution < 1.29 is 18.1 Å². The summed E-state index contributed by atoms with van der Waals surface area (Å²) >= 11 is 0. The number of benzene rings is 2. The van der Waals surface area contributed by atoms with Crippen molar-refractivity contribution in [3.8, 4) is 5.75 Å². The second kappa shape index (κ2) is 8.68. The van der Waals surface area contributed by atoms with Gasteiger partial charge in [-0.25, -0.2) is 13.1 Å². The molecule has 1 fully saturated rings. The van der Waals surface area contributed by atoms with Crippen molar-refractivity contribution in [2.45, 2.75) is 30.3 Å². The van der Waals surface area contributed by atoms with E-state index in [1.165, 1.54) is 24.8 Å². The predicted octanol–water partition coefficient (Wildman–Crippen LogP) is 2.55. The van der Waals surface area contributed by atoms with Crippen LogP contribution < -0.4 is 9.46 Å². The van der Waals surface area contributed by atoms with Crippen LogP contribution in [0.4, 0.5) is 5.69 Å². The fraction of sp³-hybridized carbons (Fsp3) is 0.368. The van der Waals surface area contributed by atoms with Gasteiger partial charge in [-0.1, -0.05) is 30.3 Å². The number of rotatable bonds is 7. The van der Waals surface area contributed by atoms with Crippen LogP contribution in [0.5, 0.6) is 5.75 Å². The minimum Gasteiger partial charge on any atom is -0.490 e. The zero-order valence-electron chi connectivity index (χ0n) is 15.6. The first-order chi connectivity index (χ1) is 13.4. The Labute approximate surface area is 164 Å². The average Bonchev–Trinajstić information content (AvgIpc) is 2.68. The van der Waals surface area contributed by atoms with Crippen LogP contribution in [0.25, 0.3) is 0 Å². The van der Waals surface area contributed by atoms with Gasteiger partial charge < -0.3 is 4.74 Å². The molecular weight excluding hydrogens is 382 g/mol.